The van der Waals surface area contributed by atoms with Crippen LogP contribution >= 0.6 is 0 Å². The number of hydrogen-bond donors (Lipinski definition) is 1. The van der Waals surface area contributed by atoms with Gasteiger partial charge in [0.1, 0.15) is 0 Å². The number of hydrogen-bond acceptors (Lipinski definition) is 2. The van der Waals surface area contributed by atoms with Crippen molar-refractivity contribution in [3.63, 3.8) is 0 Å². The molecule has 1 fully saturated rings. The second kappa shape index (κ2) is 6.42. The predicted octanol–water partition coefficient (Wildman–Crippen LogP) is 4.56. The minimum absolute atomic E-state index is 0.164. The van der Waals surface area contributed by atoms with Crippen molar-refractivity contribution in [1.82, 2.24) is 10.3 Å². The summed E-state index contributed by atoms with van der Waals surface area (Å²) < 4.78 is 38.2. The molecule has 1 amide bonds. The van der Waals surface area contributed by atoms with Crippen molar-refractivity contribution < 1.29 is 18.0 Å². The standard InChI is InChI=1S/C18H19F3N2O/c1-11-2-6-15(7-3-11)23-17(24)13-8-12-4-5-14(18(19,20)21)9-16(12)22-10-13/h4-5,8-11,15H,2-3,6-7H2,1H3,(H,23,24)/t11-,15-. The molecule has 0 saturated heterocycles. The number of nitrogens with one attached hydrogen (secondary N) is 1. The van der Waals surface area contributed by atoms with Crippen LogP contribution in [0.3, 0.4) is 0 Å². The van der Waals surface area contributed by atoms with Gasteiger partial charge in [-0.1, -0.05) is 13.0 Å². The van der Waals surface area contributed by atoms with E-state index in [2.05, 4.69) is 17.2 Å². The molecule has 3 rings (SSSR count). The molecular formula is C18H19F3N2O. The summed E-state index contributed by atoms with van der Waals surface area (Å²) in [5.41, 5.74) is -0.134. The molecule has 0 radical (unpaired) electrons. The lowest BCUT2D eigenvalue weighted by Crippen LogP contribution is -2.37. The van der Waals surface area contributed by atoms with Crippen LogP contribution in [0.15, 0.2) is 30.5 Å². The first kappa shape index (κ1) is 16.7. The minimum Gasteiger partial charge on any atom is -0.349 e. The Balaban J connectivity index is 1.76. The van der Waals surface area contributed by atoms with Crippen LogP contribution < -0.4 is 5.32 Å². The number of benzene rings is 1. The summed E-state index contributed by atoms with van der Waals surface area (Å²) in [5, 5.41) is 3.52. The number of halogens is 3. The Kier molecular flexibility index (Phi) is 4.47. The van der Waals surface area contributed by atoms with Crippen molar-refractivity contribution in [3.05, 3.63) is 41.6 Å². The number of aromatic nitrogens is 1. The molecule has 128 valence electrons. The molecule has 1 N–H and O–H groups in total. The average molecular weight is 336 g/mol. The van der Waals surface area contributed by atoms with Crippen molar-refractivity contribution in [2.75, 3.05) is 0 Å². The highest BCUT2D eigenvalue weighted by atomic mass is 19.4. The van der Waals surface area contributed by atoms with Gasteiger partial charge in [-0.25, -0.2) is 0 Å². The highest BCUT2D eigenvalue weighted by Crippen LogP contribution is 2.31. The first-order chi connectivity index (χ1) is 11.3. The van der Waals surface area contributed by atoms with E-state index >= 15 is 0 Å². The first-order valence-electron chi connectivity index (χ1n) is 8.11. The van der Waals surface area contributed by atoms with Crippen LogP contribution in [0.5, 0.6) is 0 Å². The van der Waals surface area contributed by atoms with Crippen LogP contribution in [0, 0.1) is 5.92 Å². The third-order valence-corrected chi connectivity index (χ3v) is 4.62. The Labute approximate surface area is 138 Å². The van der Waals surface area contributed by atoms with Gasteiger partial charge >= 0.3 is 6.18 Å². The molecule has 0 atom stereocenters. The van der Waals surface area contributed by atoms with Crippen LogP contribution in [0.25, 0.3) is 10.9 Å². The Morgan fingerprint density at radius 2 is 1.88 bits per heavy atom. The van der Waals surface area contributed by atoms with E-state index in [1.807, 2.05) is 0 Å². The topological polar surface area (TPSA) is 42.0 Å². The fourth-order valence-corrected chi connectivity index (χ4v) is 3.10. The number of fused-ring (bicyclic) bond motifs is 1. The van der Waals surface area contributed by atoms with Crippen molar-refractivity contribution in [3.8, 4) is 0 Å². The van der Waals surface area contributed by atoms with Crippen molar-refractivity contribution in [2.24, 2.45) is 5.92 Å². The molecule has 1 saturated carbocycles. The van der Waals surface area contributed by atoms with E-state index in [1.165, 1.54) is 12.3 Å². The quantitative estimate of drug-likeness (QED) is 0.873. The Hall–Kier alpha value is -2.11. The number of nitrogens with zero attached hydrogens (tertiary/aromatic N) is 1. The summed E-state index contributed by atoms with van der Waals surface area (Å²) >= 11 is 0. The van der Waals surface area contributed by atoms with Gasteiger partial charge < -0.3 is 5.32 Å². The Morgan fingerprint density at radius 3 is 2.54 bits per heavy atom. The van der Waals surface area contributed by atoms with Gasteiger partial charge in [-0.3, -0.25) is 9.78 Å². The molecule has 2 aromatic rings. The van der Waals surface area contributed by atoms with E-state index in [1.54, 1.807) is 6.07 Å². The van der Waals surface area contributed by atoms with Gasteiger partial charge in [0, 0.05) is 17.6 Å². The zero-order valence-corrected chi connectivity index (χ0v) is 13.4. The molecule has 24 heavy (non-hydrogen) atoms. The second-order valence-corrected chi connectivity index (χ2v) is 6.56. The van der Waals surface area contributed by atoms with Gasteiger partial charge in [0.25, 0.3) is 5.91 Å². The Bertz CT molecular complexity index is 750. The lowest BCUT2D eigenvalue weighted by molar-refractivity contribution is -0.137. The molecule has 0 unspecified atom stereocenters. The van der Waals surface area contributed by atoms with Crippen LogP contribution in [-0.2, 0) is 6.18 Å². The zero-order valence-electron chi connectivity index (χ0n) is 13.4. The summed E-state index contributed by atoms with van der Waals surface area (Å²) in [4.78, 5) is 16.4. The molecule has 1 aromatic heterocycles. The molecule has 0 spiro atoms. The van der Waals surface area contributed by atoms with Gasteiger partial charge in [0.05, 0.1) is 16.6 Å². The number of carbonyl (C=O) groups is 1. The van der Waals surface area contributed by atoms with Gasteiger partial charge in [-0.05, 0) is 49.8 Å². The maximum Gasteiger partial charge on any atom is 0.416 e. The maximum atomic E-state index is 12.7. The molecule has 1 heterocycles. The first-order valence-corrected chi connectivity index (χ1v) is 8.11. The number of pyridine rings is 1. The number of amides is 1. The van der Waals surface area contributed by atoms with Gasteiger partial charge in [-0.15, -0.1) is 0 Å². The summed E-state index contributed by atoms with van der Waals surface area (Å²) in [7, 11) is 0. The van der Waals surface area contributed by atoms with Crippen LogP contribution in [-0.4, -0.2) is 16.9 Å². The van der Waals surface area contributed by atoms with Crippen molar-refractivity contribution in [2.45, 2.75) is 44.8 Å². The lowest BCUT2D eigenvalue weighted by atomic mass is 9.87. The summed E-state index contributed by atoms with van der Waals surface area (Å²) in [6.45, 7) is 2.21. The summed E-state index contributed by atoms with van der Waals surface area (Å²) in [6.07, 6.45) is 1.06. The smallest absolute Gasteiger partial charge is 0.349 e. The van der Waals surface area contributed by atoms with Gasteiger partial charge in [-0.2, -0.15) is 13.2 Å². The SMILES string of the molecule is C[C@H]1CC[C@H](NC(=O)c2cnc3cc(C(F)(F)F)ccc3c2)CC1. The van der Waals surface area contributed by atoms with E-state index in [-0.39, 0.29) is 17.5 Å². The van der Waals surface area contributed by atoms with E-state index in [4.69, 9.17) is 0 Å². The van der Waals surface area contributed by atoms with Crippen LogP contribution in [0.1, 0.15) is 48.5 Å². The molecule has 3 nitrogen and oxygen atoms in total. The second-order valence-electron chi connectivity index (χ2n) is 6.56. The molecule has 0 aliphatic heterocycles. The number of alkyl halides is 3. The lowest BCUT2D eigenvalue weighted by Gasteiger charge is -2.26. The number of rotatable bonds is 2. The highest BCUT2D eigenvalue weighted by Gasteiger charge is 2.30. The van der Waals surface area contributed by atoms with E-state index < -0.39 is 11.7 Å². The van der Waals surface area contributed by atoms with E-state index in [9.17, 15) is 18.0 Å². The normalized spacial score (nSPS) is 21.7. The van der Waals surface area contributed by atoms with Crippen LogP contribution in [0.2, 0.25) is 0 Å². The average Bonchev–Trinajstić information content (AvgIpc) is 2.55. The Morgan fingerprint density at radius 1 is 1.17 bits per heavy atom. The summed E-state index contributed by atoms with van der Waals surface area (Å²) in [5.74, 6) is 0.479. The number of carbonyl (C=O) groups excluding carboxylic acids is 1. The molecule has 6 heteroatoms. The zero-order chi connectivity index (χ0) is 17.3. The molecule has 1 aliphatic rings. The van der Waals surface area contributed by atoms with Gasteiger partial charge in [0.2, 0.25) is 0 Å². The van der Waals surface area contributed by atoms with Crippen molar-refractivity contribution >= 4 is 16.8 Å². The van der Waals surface area contributed by atoms with E-state index in [0.29, 0.717) is 16.9 Å². The fourth-order valence-electron chi connectivity index (χ4n) is 3.10. The third kappa shape index (κ3) is 3.68. The molecular weight excluding hydrogens is 317 g/mol. The minimum atomic E-state index is -4.40. The molecule has 1 aliphatic carbocycles. The van der Waals surface area contributed by atoms with Crippen LogP contribution in [0.4, 0.5) is 13.2 Å². The predicted molar refractivity (Wildman–Crippen MR) is 85.6 cm³/mol. The molecule has 0 bridgehead atoms. The fraction of sp³-hybridized carbons (Fsp3) is 0.444. The highest BCUT2D eigenvalue weighted by molar-refractivity contribution is 5.97. The maximum absolute atomic E-state index is 12.7. The third-order valence-electron chi connectivity index (χ3n) is 4.62. The monoisotopic (exact) mass is 336 g/mol. The summed E-state index contributed by atoms with van der Waals surface area (Å²) in [6, 6.07) is 5.11. The van der Waals surface area contributed by atoms with Crippen molar-refractivity contribution in [1.29, 1.82) is 0 Å². The molecule has 1 aromatic carbocycles. The largest absolute Gasteiger partial charge is 0.416 e. The van der Waals surface area contributed by atoms with E-state index in [0.717, 1.165) is 37.8 Å². The van der Waals surface area contributed by atoms with Gasteiger partial charge in [0.15, 0.2) is 0 Å².